The zero-order valence-corrected chi connectivity index (χ0v) is 17.0. The Kier molecular flexibility index (Phi) is 4.57. The number of aromatic nitrogens is 6. The van der Waals surface area contributed by atoms with E-state index < -0.39 is 0 Å². The first-order chi connectivity index (χ1) is 14.6. The fourth-order valence-corrected chi connectivity index (χ4v) is 4.15. The van der Waals surface area contributed by atoms with E-state index in [9.17, 15) is 4.79 Å². The summed E-state index contributed by atoms with van der Waals surface area (Å²) in [6.45, 7) is 4.45. The summed E-state index contributed by atoms with van der Waals surface area (Å²) in [5.41, 5.74) is 1.59. The molecule has 0 saturated carbocycles. The molecule has 1 aliphatic heterocycles. The van der Waals surface area contributed by atoms with Crippen LogP contribution in [0.4, 0.5) is 5.82 Å². The number of hydrogen-bond donors (Lipinski definition) is 0. The monoisotopic (exact) mass is 405 g/mol. The van der Waals surface area contributed by atoms with Gasteiger partial charge in [0.15, 0.2) is 0 Å². The number of fused-ring (bicyclic) bond motifs is 2. The Hall–Kier alpha value is -3.49. The van der Waals surface area contributed by atoms with Crippen molar-refractivity contribution >= 4 is 22.5 Å². The van der Waals surface area contributed by atoms with Crippen LogP contribution in [0.3, 0.4) is 0 Å². The van der Waals surface area contributed by atoms with Crippen LogP contribution in [0.5, 0.6) is 5.75 Å². The lowest BCUT2D eigenvalue weighted by Crippen LogP contribution is -2.37. The third-order valence-electron chi connectivity index (χ3n) is 5.79. The fraction of sp³-hybridized carbons (Fsp3) is 0.381. The van der Waals surface area contributed by atoms with Gasteiger partial charge in [0.2, 0.25) is 0 Å². The average Bonchev–Trinajstić information content (AvgIpc) is 3.24. The lowest BCUT2D eigenvalue weighted by atomic mass is 9.96. The minimum atomic E-state index is -0.000773. The second-order valence-corrected chi connectivity index (χ2v) is 7.74. The van der Waals surface area contributed by atoms with Gasteiger partial charge in [-0.15, -0.1) is 0 Å². The summed E-state index contributed by atoms with van der Waals surface area (Å²) < 4.78 is 8.75. The van der Waals surface area contributed by atoms with Gasteiger partial charge in [0.25, 0.3) is 11.3 Å². The molecule has 9 nitrogen and oxygen atoms in total. The van der Waals surface area contributed by atoms with E-state index in [0.29, 0.717) is 34.9 Å². The van der Waals surface area contributed by atoms with Crippen LogP contribution in [0.1, 0.15) is 18.5 Å². The Balaban J connectivity index is 1.32. The normalized spacial score (nSPS) is 15.2. The van der Waals surface area contributed by atoms with Crippen molar-refractivity contribution in [2.45, 2.75) is 26.3 Å². The molecule has 1 fully saturated rings. The predicted octanol–water partition coefficient (Wildman–Crippen LogP) is 2.07. The highest BCUT2D eigenvalue weighted by atomic mass is 16.5. The molecular weight excluding hydrogens is 382 g/mol. The highest BCUT2D eigenvalue weighted by Gasteiger charge is 2.23. The van der Waals surface area contributed by atoms with E-state index in [-0.39, 0.29) is 5.56 Å². The standard InChI is InChI=1S/C21H23N7O2/c1-14-9-19(28-21(25-14)22-12-24-28)26-7-5-15(6-8-26)11-27-13-23-18-10-16(30-2)3-4-17(18)20(27)29/h3-4,9-10,12-13,15H,5-8,11H2,1-2H3. The molecule has 0 radical (unpaired) electrons. The molecule has 3 aromatic heterocycles. The van der Waals surface area contributed by atoms with Crippen molar-refractivity contribution in [2.75, 3.05) is 25.1 Å². The Morgan fingerprint density at radius 3 is 2.80 bits per heavy atom. The summed E-state index contributed by atoms with van der Waals surface area (Å²) in [4.78, 5) is 28.3. The summed E-state index contributed by atoms with van der Waals surface area (Å²) in [6.07, 6.45) is 5.17. The van der Waals surface area contributed by atoms with Gasteiger partial charge in [0.1, 0.15) is 17.9 Å². The largest absolute Gasteiger partial charge is 0.497 e. The zero-order valence-electron chi connectivity index (χ0n) is 17.0. The van der Waals surface area contributed by atoms with Gasteiger partial charge < -0.3 is 9.64 Å². The minimum absolute atomic E-state index is 0.000773. The van der Waals surface area contributed by atoms with E-state index in [4.69, 9.17) is 4.74 Å². The predicted molar refractivity (Wildman–Crippen MR) is 113 cm³/mol. The first-order valence-corrected chi connectivity index (χ1v) is 10.1. The second-order valence-electron chi connectivity index (χ2n) is 7.74. The lowest BCUT2D eigenvalue weighted by Gasteiger charge is -2.33. The fourth-order valence-electron chi connectivity index (χ4n) is 4.15. The molecule has 1 aliphatic rings. The molecule has 0 spiro atoms. The number of nitrogens with zero attached hydrogens (tertiary/aromatic N) is 7. The number of piperidine rings is 1. The minimum Gasteiger partial charge on any atom is -0.497 e. The van der Waals surface area contributed by atoms with Gasteiger partial charge in [-0.05, 0) is 37.8 Å². The molecule has 1 saturated heterocycles. The third-order valence-corrected chi connectivity index (χ3v) is 5.79. The molecule has 0 amide bonds. The summed E-state index contributed by atoms with van der Waals surface area (Å²) in [5.74, 6) is 2.77. The van der Waals surface area contributed by atoms with Crippen LogP contribution in [0, 0.1) is 12.8 Å². The zero-order chi connectivity index (χ0) is 20.7. The molecule has 1 aromatic carbocycles. The van der Waals surface area contributed by atoms with Crippen LogP contribution in [-0.2, 0) is 6.54 Å². The lowest BCUT2D eigenvalue weighted by molar-refractivity contribution is 0.350. The van der Waals surface area contributed by atoms with Crippen LogP contribution in [0.15, 0.2) is 41.7 Å². The topological polar surface area (TPSA) is 90.4 Å². The number of benzene rings is 1. The first-order valence-electron chi connectivity index (χ1n) is 10.1. The Morgan fingerprint density at radius 2 is 2.00 bits per heavy atom. The van der Waals surface area contributed by atoms with Crippen molar-refractivity contribution in [2.24, 2.45) is 5.92 Å². The number of methoxy groups -OCH3 is 1. The van der Waals surface area contributed by atoms with Crippen molar-refractivity contribution in [1.29, 1.82) is 0 Å². The molecular formula is C21H23N7O2. The van der Waals surface area contributed by atoms with Gasteiger partial charge >= 0.3 is 0 Å². The van der Waals surface area contributed by atoms with Gasteiger partial charge in [-0.3, -0.25) is 9.36 Å². The summed E-state index contributed by atoms with van der Waals surface area (Å²) in [7, 11) is 1.61. The van der Waals surface area contributed by atoms with Gasteiger partial charge in [-0.1, -0.05) is 0 Å². The maximum Gasteiger partial charge on any atom is 0.261 e. The van der Waals surface area contributed by atoms with Crippen molar-refractivity contribution in [3.8, 4) is 5.75 Å². The molecule has 0 N–H and O–H groups in total. The van der Waals surface area contributed by atoms with Crippen molar-refractivity contribution < 1.29 is 4.74 Å². The third kappa shape index (κ3) is 3.26. The van der Waals surface area contributed by atoms with Crippen LogP contribution >= 0.6 is 0 Å². The molecule has 5 rings (SSSR count). The number of aryl methyl sites for hydroxylation is 1. The summed E-state index contributed by atoms with van der Waals surface area (Å²) in [5, 5.41) is 4.94. The van der Waals surface area contributed by atoms with Gasteiger partial charge in [0.05, 0.1) is 24.3 Å². The van der Waals surface area contributed by atoms with Crippen molar-refractivity contribution in [3.05, 3.63) is 53.0 Å². The van der Waals surface area contributed by atoms with E-state index in [0.717, 1.165) is 37.4 Å². The summed E-state index contributed by atoms with van der Waals surface area (Å²) in [6, 6.07) is 7.43. The molecule has 9 heteroatoms. The number of hydrogen-bond acceptors (Lipinski definition) is 7. The van der Waals surface area contributed by atoms with Gasteiger partial charge in [0, 0.05) is 37.5 Å². The first kappa shape index (κ1) is 18.5. The molecule has 4 heterocycles. The smallest absolute Gasteiger partial charge is 0.261 e. The van der Waals surface area contributed by atoms with Crippen LogP contribution in [-0.4, -0.2) is 49.3 Å². The Bertz CT molecular complexity index is 1270. The molecule has 0 aliphatic carbocycles. The van der Waals surface area contributed by atoms with E-state index in [1.165, 1.54) is 6.33 Å². The molecule has 154 valence electrons. The van der Waals surface area contributed by atoms with Gasteiger partial charge in [-0.25, -0.2) is 9.97 Å². The van der Waals surface area contributed by atoms with Crippen molar-refractivity contribution in [3.63, 3.8) is 0 Å². The van der Waals surface area contributed by atoms with E-state index >= 15 is 0 Å². The second kappa shape index (κ2) is 7.40. The molecule has 0 bridgehead atoms. The molecule has 0 atom stereocenters. The van der Waals surface area contributed by atoms with E-state index in [1.54, 1.807) is 40.7 Å². The van der Waals surface area contributed by atoms with Crippen LogP contribution in [0.2, 0.25) is 0 Å². The molecule has 4 aromatic rings. The van der Waals surface area contributed by atoms with Gasteiger partial charge in [-0.2, -0.15) is 14.6 Å². The average molecular weight is 405 g/mol. The number of rotatable bonds is 4. The maximum absolute atomic E-state index is 12.9. The quantitative estimate of drug-likeness (QED) is 0.513. The molecule has 0 unspecified atom stereocenters. The number of ether oxygens (including phenoxy) is 1. The van der Waals surface area contributed by atoms with Crippen molar-refractivity contribution in [1.82, 2.24) is 29.1 Å². The van der Waals surface area contributed by atoms with E-state index in [1.807, 2.05) is 13.0 Å². The number of anilines is 1. The molecule has 30 heavy (non-hydrogen) atoms. The Morgan fingerprint density at radius 1 is 1.17 bits per heavy atom. The summed E-state index contributed by atoms with van der Waals surface area (Å²) >= 11 is 0. The maximum atomic E-state index is 12.9. The highest BCUT2D eigenvalue weighted by molar-refractivity contribution is 5.78. The Labute approximate surface area is 173 Å². The highest BCUT2D eigenvalue weighted by Crippen LogP contribution is 2.25. The van der Waals surface area contributed by atoms with Crippen LogP contribution < -0.4 is 15.2 Å². The van der Waals surface area contributed by atoms with Crippen LogP contribution in [0.25, 0.3) is 16.7 Å². The SMILES string of the molecule is COc1ccc2c(=O)n(CC3CCN(c4cc(C)nc5ncnn45)CC3)cnc2c1. The van der Waals surface area contributed by atoms with E-state index in [2.05, 4.69) is 25.0 Å².